The molecule has 3 heteroatoms. The Morgan fingerprint density at radius 3 is 1.22 bits per heavy atom. The van der Waals surface area contributed by atoms with Crippen LogP contribution >= 0.6 is 31.9 Å². The predicted molar refractivity (Wildman–Crippen MR) is 50.4 cm³/mol. The molecule has 0 N–H and O–H groups in total. The maximum atomic E-state index is 3.32. The van der Waals surface area contributed by atoms with Gasteiger partial charge in [0.2, 0.25) is 0 Å². The third-order valence-corrected chi connectivity index (χ3v) is 1.86. The summed E-state index contributed by atoms with van der Waals surface area (Å²) in [7, 11) is 0. The zero-order valence-corrected chi connectivity index (χ0v) is 12.0. The van der Waals surface area contributed by atoms with Gasteiger partial charge >= 0.3 is 23.9 Å². The zero-order valence-electron chi connectivity index (χ0n) is 4.77. The molecule has 0 unspecified atom stereocenters. The van der Waals surface area contributed by atoms with Crippen molar-refractivity contribution in [3.05, 3.63) is 33.2 Å². The fourth-order valence-corrected chi connectivity index (χ4v) is 0.958. The van der Waals surface area contributed by atoms with Crippen LogP contribution in [0.4, 0.5) is 0 Å². The second-order valence-corrected chi connectivity index (χ2v) is 3.27. The molecule has 0 nitrogen and oxygen atoms in total. The summed E-state index contributed by atoms with van der Waals surface area (Å²) in [6, 6.07) is 7.96. The van der Waals surface area contributed by atoms with Crippen LogP contribution in [0.1, 0.15) is 0 Å². The molecule has 1 aromatic rings. The van der Waals surface area contributed by atoms with Crippen LogP contribution in [-0.2, 0) is 0 Å². The summed E-state index contributed by atoms with van der Waals surface area (Å²) in [4.78, 5) is 0. The Balaban J connectivity index is 0.000000640. The average molecular weight is 357 g/mol. The van der Waals surface area contributed by atoms with Crippen LogP contribution in [-0.4, -0.2) is 23.9 Å². The van der Waals surface area contributed by atoms with E-state index in [9.17, 15) is 0 Å². The quantitative estimate of drug-likeness (QED) is 0.626. The van der Waals surface area contributed by atoms with Gasteiger partial charge in [0, 0.05) is 8.95 Å². The molecule has 2 radical (unpaired) electrons. The van der Waals surface area contributed by atoms with Gasteiger partial charge in [-0.1, -0.05) is 31.9 Å². The van der Waals surface area contributed by atoms with Gasteiger partial charge in [0.05, 0.1) is 0 Å². The molecular formula is C6H6Br2Sn. The van der Waals surface area contributed by atoms with Gasteiger partial charge in [-0.2, -0.15) is 0 Å². The molecule has 1 aromatic carbocycles. The van der Waals surface area contributed by atoms with Gasteiger partial charge in [0.1, 0.15) is 0 Å². The van der Waals surface area contributed by atoms with Crippen molar-refractivity contribution in [2.24, 2.45) is 0 Å². The molecular weight excluding hydrogens is 351 g/mol. The molecule has 0 aromatic heterocycles. The summed E-state index contributed by atoms with van der Waals surface area (Å²) in [5, 5.41) is 0. The van der Waals surface area contributed by atoms with Crippen LogP contribution in [0.15, 0.2) is 33.2 Å². The molecule has 9 heavy (non-hydrogen) atoms. The van der Waals surface area contributed by atoms with E-state index in [0.29, 0.717) is 0 Å². The van der Waals surface area contributed by atoms with Crippen LogP contribution < -0.4 is 0 Å². The van der Waals surface area contributed by atoms with Gasteiger partial charge in [-0.05, 0) is 24.3 Å². The van der Waals surface area contributed by atoms with Crippen LogP contribution in [0.2, 0.25) is 0 Å². The van der Waals surface area contributed by atoms with Gasteiger partial charge in [0.15, 0.2) is 0 Å². The molecule has 0 aliphatic heterocycles. The molecule has 0 atom stereocenters. The molecule has 0 aliphatic carbocycles. The molecule has 0 saturated heterocycles. The number of benzene rings is 1. The van der Waals surface area contributed by atoms with Crippen molar-refractivity contribution in [1.82, 2.24) is 0 Å². The molecule has 1 rings (SSSR count). The fraction of sp³-hybridized carbons (Fsp3) is 0. The van der Waals surface area contributed by atoms with Crippen molar-refractivity contribution in [2.45, 2.75) is 0 Å². The van der Waals surface area contributed by atoms with Crippen LogP contribution in [0.25, 0.3) is 0 Å². The Hall–Kier alpha value is 0.979. The predicted octanol–water partition coefficient (Wildman–Crippen LogP) is 2.30. The van der Waals surface area contributed by atoms with Gasteiger partial charge < -0.3 is 0 Å². The minimum atomic E-state index is 0. The molecule has 0 amide bonds. The number of rotatable bonds is 0. The second kappa shape index (κ2) is 4.74. The molecule has 0 bridgehead atoms. The van der Waals surface area contributed by atoms with E-state index in [1.165, 1.54) is 0 Å². The van der Waals surface area contributed by atoms with Gasteiger partial charge in [-0.15, -0.1) is 0 Å². The molecule has 0 fully saturated rings. The standard InChI is InChI=1S/C6H4Br2.Sn.2H/c7-5-1-2-6(8)4-3-5;;;/h1-4H;;;. The summed E-state index contributed by atoms with van der Waals surface area (Å²) < 4.78 is 2.22. The van der Waals surface area contributed by atoms with Crippen molar-refractivity contribution < 1.29 is 0 Å². The zero-order chi connectivity index (χ0) is 5.98. The monoisotopic (exact) mass is 356 g/mol. The van der Waals surface area contributed by atoms with E-state index < -0.39 is 0 Å². The first kappa shape index (κ1) is 9.98. The summed E-state index contributed by atoms with van der Waals surface area (Å²) in [6.07, 6.45) is 0. The summed E-state index contributed by atoms with van der Waals surface area (Å²) >= 11 is 6.65. The minimum absolute atomic E-state index is 0. The van der Waals surface area contributed by atoms with E-state index in [1.807, 2.05) is 24.3 Å². The SMILES string of the molecule is Brc1ccc(Br)cc1.[SnH2]. The Bertz CT molecular complexity index is 150. The first-order valence-corrected chi connectivity index (χ1v) is 3.79. The first-order valence-electron chi connectivity index (χ1n) is 2.20. The van der Waals surface area contributed by atoms with E-state index in [-0.39, 0.29) is 23.9 Å². The molecule has 0 spiro atoms. The summed E-state index contributed by atoms with van der Waals surface area (Å²) in [5.41, 5.74) is 0. The van der Waals surface area contributed by atoms with Gasteiger partial charge in [0.25, 0.3) is 0 Å². The van der Waals surface area contributed by atoms with Crippen molar-refractivity contribution in [3.63, 3.8) is 0 Å². The van der Waals surface area contributed by atoms with Crippen molar-refractivity contribution in [1.29, 1.82) is 0 Å². The van der Waals surface area contributed by atoms with E-state index in [0.717, 1.165) is 8.95 Å². The van der Waals surface area contributed by atoms with E-state index in [4.69, 9.17) is 0 Å². The topological polar surface area (TPSA) is 0 Å². The molecule has 0 aliphatic rings. The van der Waals surface area contributed by atoms with Crippen LogP contribution in [0, 0.1) is 0 Å². The number of hydrogen-bond donors (Lipinski definition) is 0. The van der Waals surface area contributed by atoms with Gasteiger partial charge in [-0.3, -0.25) is 0 Å². The average Bonchev–Trinajstić information content (AvgIpc) is 1.77. The second-order valence-electron chi connectivity index (χ2n) is 1.44. The Labute approximate surface area is 88.2 Å². The van der Waals surface area contributed by atoms with E-state index in [2.05, 4.69) is 31.9 Å². The normalized spacial score (nSPS) is 8.22. The van der Waals surface area contributed by atoms with E-state index >= 15 is 0 Å². The van der Waals surface area contributed by atoms with Crippen LogP contribution in [0.3, 0.4) is 0 Å². The Kier molecular flexibility index (Phi) is 5.26. The maximum absolute atomic E-state index is 3.32. The Morgan fingerprint density at radius 1 is 0.778 bits per heavy atom. The van der Waals surface area contributed by atoms with Crippen molar-refractivity contribution in [2.75, 3.05) is 0 Å². The summed E-state index contributed by atoms with van der Waals surface area (Å²) in [6.45, 7) is 0. The fourth-order valence-electron chi connectivity index (χ4n) is 0.430. The van der Waals surface area contributed by atoms with Gasteiger partial charge in [-0.25, -0.2) is 0 Å². The van der Waals surface area contributed by atoms with E-state index in [1.54, 1.807) is 0 Å². The third kappa shape index (κ3) is 3.63. The van der Waals surface area contributed by atoms with Crippen LogP contribution in [0.5, 0.6) is 0 Å². The van der Waals surface area contributed by atoms with Crippen molar-refractivity contribution >= 4 is 55.8 Å². The number of hydrogen-bond acceptors (Lipinski definition) is 0. The Morgan fingerprint density at radius 2 is 1.00 bits per heavy atom. The third-order valence-electron chi connectivity index (χ3n) is 0.804. The van der Waals surface area contributed by atoms with Crippen molar-refractivity contribution in [3.8, 4) is 0 Å². The molecule has 48 valence electrons. The molecule has 0 heterocycles. The number of halogens is 2. The summed E-state index contributed by atoms with van der Waals surface area (Å²) in [5.74, 6) is 0. The molecule has 0 saturated carbocycles. The first-order chi connectivity index (χ1) is 3.79.